The number of anilines is 1. The van der Waals surface area contributed by atoms with Crippen molar-refractivity contribution in [1.82, 2.24) is 4.98 Å². The maximum atomic E-state index is 12.4. The lowest BCUT2D eigenvalue weighted by atomic mass is 10.1. The highest BCUT2D eigenvalue weighted by atomic mass is 16.1. The van der Waals surface area contributed by atoms with Gasteiger partial charge in [0.05, 0.1) is 12.5 Å². The van der Waals surface area contributed by atoms with Crippen molar-refractivity contribution in [3.63, 3.8) is 0 Å². The van der Waals surface area contributed by atoms with Crippen LogP contribution in [-0.4, -0.2) is 10.9 Å². The number of carbonyl (C=O) groups is 1. The van der Waals surface area contributed by atoms with Crippen molar-refractivity contribution >= 4 is 22.5 Å². The Labute approximate surface area is 122 Å². The molecular formula is C17H13N3O. The molecule has 3 rings (SSSR count). The first-order valence-corrected chi connectivity index (χ1v) is 6.61. The second kappa shape index (κ2) is 5.51. The van der Waals surface area contributed by atoms with Crippen LogP contribution in [0, 0.1) is 11.3 Å². The van der Waals surface area contributed by atoms with Gasteiger partial charge in [0.1, 0.15) is 0 Å². The predicted octanol–water partition coefficient (Wildman–Crippen LogP) is 3.49. The zero-order chi connectivity index (χ0) is 14.7. The molecule has 0 bridgehead atoms. The first kappa shape index (κ1) is 12.9. The number of benzene rings is 2. The van der Waals surface area contributed by atoms with E-state index in [4.69, 9.17) is 5.26 Å². The maximum Gasteiger partial charge on any atom is 0.256 e. The first-order valence-electron chi connectivity index (χ1n) is 6.61. The summed E-state index contributed by atoms with van der Waals surface area (Å²) in [7, 11) is 0. The number of rotatable bonds is 3. The van der Waals surface area contributed by atoms with Crippen LogP contribution in [0.4, 0.5) is 5.69 Å². The maximum absolute atomic E-state index is 12.4. The molecule has 0 atom stereocenters. The number of H-pyrrole nitrogens is 1. The third-order valence-corrected chi connectivity index (χ3v) is 3.33. The van der Waals surface area contributed by atoms with Crippen molar-refractivity contribution in [3.05, 3.63) is 65.9 Å². The fourth-order valence-corrected chi connectivity index (χ4v) is 2.28. The summed E-state index contributed by atoms with van der Waals surface area (Å²) in [5.74, 6) is -0.145. The van der Waals surface area contributed by atoms with Crippen molar-refractivity contribution in [2.45, 2.75) is 6.42 Å². The van der Waals surface area contributed by atoms with Gasteiger partial charge in [0.15, 0.2) is 0 Å². The molecule has 0 saturated heterocycles. The van der Waals surface area contributed by atoms with Gasteiger partial charge in [0, 0.05) is 28.4 Å². The smallest absolute Gasteiger partial charge is 0.256 e. The van der Waals surface area contributed by atoms with Gasteiger partial charge in [-0.2, -0.15) is 5.26 Å². The Morgan fingerprint density at radius 2 is 1.95 bits per heavy atom. The van der Waals surface area contributed by atoms with Gasteiger partial charge in [-0.25, -0.2) is 0 Å². The van der Waals surface area contributed by atoms with Crippen LogP contribution in [0.2, 0.25) is 0 Å². The minimum Gasteiger partial charge on any atom is -0.361 e. The van der Waals surface area contributed by atoms with Gasteiger partial charge in [-0.3, -0.25) is 4.79 Å². The quantitative estimate of drug-likeness (QED) is 0.768. The number of carbonyl (C=O) groups excluding carboxylic acids is 1. The van der Waals surface area contributed by atoms with Gasteiger partial charge in [-0.1, -0.05) is 18.2 Å². The van der Waals surface area contributed by atoms with Crippen molar-refractivity contribution in [2.24, 2.45) is 0 Å². The van der Waals surface area contributed by atoms with Crippen LogP contribution in [0.3, 0.4) is 0 Å². The van der Waals surface area contributed by atoms with Gasteiger partial charge in [-0.15, -0.1) is 0 Å². The molecule has 2 aromatic carbocycles. The molecule has 21 heavy (non-hydrogen) atoms. The minimum absolute atomic E-state index is 0.145. The van der Waals surface area contributed by atoms with E-state index >= 15 is 0 Å². The molecule has 1 aromatic heterocycles. The lowest BCUT2D eigenvalue weighted by Gasteiger charge is -2.07. The molecular weight excluding hydrogens is 262 g/mol. The van der Waals surface area contributed by atoms with E-state index in [0.29, 0.717) is 17.7 Å². The number of fused-ring (bicyclic) bond motifs is 1. The second-order valence-corrected chi connectivity index (χ2v) is 4.73. The largest absolute Gasteiger partial charge is 0.361 e. The van der Waals surface area contributed by atoms with Gasteiger partial charge in [-0.05, 0) is 35.9 Å². The van der Waals surface area contributed by atoms with Crippen LogP contribution in [0.5, 0.6) is 0 Å². The molecule has 4 nitrogen and oxygen atoms in total. The van der Waals surface area contributed by atoms with Crippen molar-refractivity contribution in [1.29, 1.82) is 5.26 Å². The summed E-state index contributed by atoms with van der Waals surface area (Å²) in [5.41, 5.74) is 3.22. The third-order valence-electron chi connectivity index (χ3n) is 3.33. The van der Waals surface area contributed by atoms with Crippen LogP contribution in [0.1, 0.15) is 15.9 Å². The molecule has 3 aromatic rings. The fraction of sp³-hybridized carbons (Fsp3) is 0.0588. The van der Waals surface area contributed by atoms with E-state index < -0.39 is 0 Å². The second-order valence-electron chi connectivity index (χ2n) is 4.73. The molecule has 102 valence electrons. The normalized spacial score (nSPS) is 10.2. The molecule has 0 aliphatic heterocycles. The molecule has 0 saturated carbocycles. The average molecular weight is 275 g/mol. The summed E-state index contributed by atoms with van der Waals surface area (Å²) in [4.78, 5) is 15.4. The van der Waals surface area contributed by atoms with E-state index in [9.17, 15) is 4.79 Å². The lowest BCUT2D eigenvalue weighted by Crippen LogP contribution is -2.12. The molecule has 0 aliphatic carbocycles. The Kier molecular flexibility index (Phi) is 3.40. The molecule has 0 unspecified atom stereocenters. The van der Waals surface area contributed by atoms with E-state index in [-0.39, 0.29) is 5.91 Å². The lowest BCUT2D eigenvalue weighted by molar-refractivity contribution is 0.102. The van der Waals surface area contributed by atoms with Crippen LogP contribution in [-0.2, 0) is 6.42 Å². The summed E-state index contributed by atoms with van der Waals surface area (Å²) >= 11 is 0. The van der Waals surface area contributed by atoms with Crippen LogP contribution in [0.15, 0.2) is 54.7 Å². The van der Waals surface area contributed by atoms with Crippen molar-refractivity contribution < 1.29 is 4.79 Å². The van der Waals surface area contributed by atoms with Crippen LogP contribution >= 0.6 is 0 Å². The molecule has 0 radical (unpaired) electrons. The van der Waals surface area contributed by atoms with E-state index in [1.807, 2.05) is 48.7 Å². The molecule has 0 aliphatic rings. The first-order chi connectivity index (χ1) is 10.3. The van der Waals surface area contributed by atoms with Crippen LogP contribution < -0.4 is 5.32 Å². The molecule has 0 fully saturated rings. The van der Waals surface area contributed by atoms with Crippen LogP contribution in [0.25, 0.3) is 10.9 Å². The fourth-order valence-electron chi connectivity index (χ4n) is 2.28. The number of aromatic amines is 1. The van der Waals surface area contributed by atoms with Crippen molar-refractivity contribution in [3.8, 4) is 6.07 Å². The molecule has 1 amide bonds. The SMILES string of the molecule is N#CCc1ccc(NC(=O)c2cccc3[nH]ccc23)cc1. The minimum atomic E-state index is -0.145. The highest BCUT2D eigenvalue weighted by Gasteiger charge is 2.10. The zero-order valence-corrected chi connectivity index (χ0v) is 11.3. The third kappa shape index (κ3) is 2.63. The van der Waals surface area contributed by atoms with Gasteiger partial charge in [0.2, 0.25) is 0 Å². The summed E-state index contributed by atoms with van der Waals surface area (Å²) in [5, 5.41) is 12.4. The molecule has 1 heterocycles. The number of hydrogen-bond acceptors (Lipinski definition) is 2. The average Bonchev–Trinajstić information content (AvgIpc) is 2.98. The van der Waals surface area contributed by atoms with Crippen molar-refractivity contribution in [2.75, 3.05) is 5.32 Å². The van der Waals surface area contributed by atoms with E-state index in [0.717, 1.165) is 16.5 Å². The Bertz CT molecular complexity index is 825. The molecule has 4 heteroatoms. The predicted molar refractivity (Wildman–Crippen MR) is 82.0 cm³/mol. The molecule has 0 spiro atoms. The number of nitrogens with zero attached hydrogens (tertiary/aromatic N) is 1. The van der Waals surface area contributed by atoms with E-state index in [1.54, 1.807) is 6.07 Å². The summed E-state index contributed by atoms with van der Waals surface area (Å²) in [6.45, 7) is 0. The highest BCUT2D eigenvalue weighted by molar-refractivity contribution is 6.12. The molecule has 2 N–H and O–H groups in total. The number of nitriles is 1. The number of amides is 1. The van der Waals surface area contributed by atoms with E-state index in [1.165, 1.54) is 0 Å². The van der Waals surface area contributed by atoms with Gasteiger partial charge < -0.3 is 10.3 Å². The Morgan fingerprint density at radius 1 is 1.14 bits per heavy atom. The summed E-state index contributed by atoms with van der Waals surface area (Å²) < 4.78 is 0. The monoisotopic (exact) mass is 275 g/mol. The van der Waals surface area contributed by atoms with Gasteiger partial charge in [0.25, 0.3) is 5.91 Å². The Balaban J connectivity index is 1.83. The number of aromatic nitrogens is 1. The zero-order valence-electron chi connectivity index (χ0n) is 11.3. The highest BCUT2D eigenvalue weighted by Crippen LogP contribution is 2.19. The number of nitrogens with one attached hydrogen (secondary N) is 2. The van der Waals surface area contributed by atoms with E-state index in [2.05, 4.69) is 16.4 Å². The summed E-state index contributed by atoms with van der Waals surface area (Å²) in [6, 6.07) is 16.9. The topological polar surface area (TPSA) is 68.7 Å². The summed E-state index contributed by atoms with van der Waals surface area (Å²) in [6.07, 6.45) is 2.19. The Morgan fingerprint density at radius 3 is 2.71 bits per heavy atom. The standard InChI is InChI=1S/C17H13N3O/c18-10-8-12-4-6-13(7-5-12)20-17(21)15-2-1-3-16-14(15)9-11-19-16/h1-7,9,11,19H,8H2,(H,20,21). The van der Waals surface area contributed by atoms with Gasteiger partial charge >= 0.3 is 0 Å². The Hall–Kier alpha value is -3.06. The number of hydrogen-bond donors (Lipinski definition) is 2.